The second-order valence-electron chi connectivity index (χ2n) is 9.60. The van der Waals surface area contributed by atoms with Crippen molar-refractivity contribution in [2.24, 2.45) is 17.8 Å². The molecule has 0 aromatic rings. The van der Waals surface area contributed by atoms with Crippen LogP contribution in [0.5, 0.6) is 0 Å². The third kappa shape index (κ3) is 3.48. The Morgan fingerprint density at radius 2 is 2.06 bits per heavy atom. The van der Waals surface area contributed by atoms with Gasteiger partial charge in [-0.25, -0.2) is 0 Å². The van der Waals surface area contributed by atoms with Crippen molar-refractivity contribution in [1.82, 2.24) is 9.80 Å². The molecule has 0 aliphatic carbocycles. The summed E-state index contributed by atoms with van der Waals surface area (Å²) in [5, 5.41) is 9.41. The van der Waals surface area contributed by atoms with Crippen LogP contribution in [0.4, 0.5) is 0 Å². The van der Waals surface area contributed by atoms with E-state index in [0.29, 0.717) is 19.4 Å². The molecule has 3 unspecified atom stereocenters. The zero-order chi connectivity index (χ0) is 23.8. The first kappa shape index (κ1) is 24.5. The number of rotatable bonds is 10. The summed E-state index contributed by atoms with van der Waals surface area (Å²) < 4.78 is 12.0. The second-order valence-corrected chi connectivity index (χ2v) is 9.60. The normalized spacial score (nSPS) is 35.2. The highest BCUT2D eigenvalue weighted by Crippen LogP contribution is 2.65. The number of ether oxygens (including phenoxy) is 2. The lowest BCUT2D eigenvalue weighted by Gasteiger charge is -2.38. The highest BCUT2D eigenvalue weighted by Gasteiger charge is 2.80. The molecule has 3 aliphatic heterocycles. The predicted molar refractivity (Wildman–Crippen MR) is 118 cm³/mol. The Kier molecular flexibility index (Phi) is 6.86. The van der Waals surface area contributed by atoms with Gasteiger partial charge in [0.2, 0.25) is 11.8 Å². The minimum atomic E-state index is -1.11. The monoisotopic (exact) mass is 448 g/mol. The molecule has 32 heavy (non-hydrogen) atoms. The van der Waals surface area contributed by atoms with Gasteiger partial charge >= 0.3 is 5.97 Å². The number of likely N-dealkylation sites (tertiary alicyclic amines) is 1. The van der Waals surface area contributed by atoms with Gasteiger partial charge in [-0.1, -0.05) is 25.7 Å². The lowest BCUT2D eigenvalue weighted by atomic mass is 9.62. The third-order valence-corrected chi connectivity index (χ3v) is 7.44. The largest absolute Gasteiger partial charge is 0.461 e. The van der Waals surface area contributed by atoms with Gasteiger partial charge in [-0.3, -0.25) is 14.4 Å². The van der Waals surface area contributed by atoms with Gasteiger partial charge in [-0.05, 0) is 39.5 Å². The lowest BCUT2D eigenvalue weighted by molar-refractivity contribution is -0.161. The summed E-state index contributed by atoms with van der Waals surface area (Å²) >= 11 is 0. The van der Waals surface area contributed by atoms with Crippen LogP contribution in [0.3, 0.4) is 0 Å². The minimum Gasteiger partial charge on any atom is -0.461 e. The number of hydrogen-bond acceptors (Lipinski definition) is 6. The zero-order valence-corrected chi connectivity index (χ0v) is 19.6. The first-order chi connectivity index (χ1) is 15.1. The fourth-order valence-corrected chi connectivity index (χ4v) is 5.94. The van der Waals surface area contributed by atoms with E-state index in [0.717, 1.165) is 0 Å². The maximum Gasteiger partial charge on any atom is 0.313 e. The van der Waals surface area contributed by atoms with Gasteiger partial charge in [-0.15, -0.1) is 6.58 Å². The van der Waals surface area contributed by atoms with Gasteiger partial charge in [0.05, 0.1) is 11.5 Å². The number of hydrogen-bond donors (Lipinski definition) is 1. The molecular weight excluding hydrogens is 412 g/mol. The van der Waals surface area contributed by atoms with E-state index < -0.39 is 35.0 Å². The van der Waals surface area contributed by atoms with Crippen molar-refractivity contribution in [2.75, 3.05) is 26.3 Å². The molecular formula is C24H36N2O6. The van der Waals surface area contributed by atoms with E-state index >= 15 is 0 Å². The summed E-state index contributed by atoms with van der Waals surface area (Å²) in [4.78, 5) is 43.9. The molecule has 1 spiro atoms. The van der Waals surface area contributed by atoms with Gasteiger partial charge < -0.3 is 24.4 Å². The van der Waals surface area contributed by atoms with E-state index in [1.54, 1.807) is 11.0 Å². The standard InChI is InChI=1S/C24H36N2O6/c1-7-10-25(15(3)4)21(29)19-24-14-16(5)23(6,32-24)18(22(30)31-13-8-2)17(24)20(28)26(19)11-9-12-27/h7-8,15-19,27H,1-2,9-14H2,3-6H3/t16?,17-,18-,19?,23+,24?/m0/s1. The Balaban J connectivity index is 2.09. The van der Waals surface area contributed by atoms with Crippen molar-refractivity contribution in [2.45, 2.75) is 63.8 Å². The molecule has 0 aromatic carbocycles. The maximum absolute atomic E-state index is 13.9. The highest BCUT2D eigenvalue weighted by molar-refractivity contribution is 5.98. The van der Waals surface area contributed by atoms with E-state index in [-0.39, 0.29) is 43.5 Å². The number of fused-ring (bicyclic) bond motifs is 1. The van der Waals surface area contributed by atoms with Gasteiger partial charge in [0.1, 0.15) is 24.2 Å². The summed E-state index contributed by atoms with van der Waals surface area (Å²) in [6.45, 7) is 15.5. The topological polar surface area (TPSA) is 96.4 Å². The van der Waals surface area contributed by atoms with E-state index in [1.807, 2.05) is 27.7 Å². The van der Waals surface area contributed by atoms with Crippen LogP contribution in [-0.2, 0) is 23.9 Å². The van der Waals surface area contributed by atoms with Gasteiger partial charge in [0.25, 0.3) is 0 Å². The average Bonchev–Trinajstić information content (AvgIpc) is 3.25. The van der Waals surface area contributed by atoms with Crippen LogP contribution in [0.15, 0.2) is 25.3 Å². The Hall–Kier alpha value is -2.19. The van der Waals surface area contributed by atoms with Crippen LogP contribution in [0.25, 0.3) is 0 Å². The number of nitrogens with zero attached hydrogens (tertiary/aromatic N) is 2. The van der Waals surface area contributed by atoms with Crippen LogP contribution < -0.4 is 0 Å². The lowest BCUT2D eigenvalue weighted by Crippen LogP contribution is -2.57. The smallest absolute Gasteiger partial charge is 0.313 e. The van der Waals surface area contributed by atoms with Crippen molar-refractivity contribution in [1.29, 1.82) is 0 Å². The Morgan fingerprint density at radius 1 is 1.38 bits per heavy atom. The van der Waals surface area contributed by atoms with E-state index in [1.165, 1.54) is 11.0 Å². The van der Waals surface area contributed by atoms with Crippen LogP contribution in [0.1, 0.15) is 40.5 Å². The highest BCUT2D eigenvalue weighted by atomic mass is 16.6. The zero-order valence-electron chi connectivity index (χ0n) is 19.6. The number of aliphatic hydroxyl groups excluding tert-OH is 1. The fourth-order valence-electron chi connectivity index (χ4n) is 5.94. The molecule has 1 N–H and O–H groups in total. The second kappa shape index (κ2) is 8.98. The first-order valence-corrected chi connectivity index (χ1v) is 11.4. The molecule has 0 saturated carbocycles. The SMILES string of the molecule is C=CCOC(=O)[C@@H]1[C@H]2C(=O)N(CCCO)C(C(=O)N(CC=C)C(C)C)C23CC(C)[C@@]1(C)O3. The van der Waals surface area contributed by atoms with Crippen molar-refractivity contribution in [3.63, 3.8) is 0 Å². The molecule has 8 heteroatoms. The van der Waals surface area contributed by atoms with E-state index in [4.69, 9.17) is 9.47 Å². The predicted octanol–water partition coefficient (Wildman–Crippen LogP) is 1.53. The summed E-state index contributed by atoms with van der Waals surface area (Å²) in [5.41, 5.74) is -2.01. The molecule has 6 atom stereocenters. The average molecular weight is 449 g/mol. The van der Waals surface area contributed by atoms with Gasteiger partial charge in [-0.2, -0.15) is 0 Å². The number of carbonyl (C=O) groups excluding carboxylic acids is 3. The minimum absolute atomic E-state index is 0.0464. The molecule has 3 rings (SSSR count). The molecule has 3 saturated heterocycles. The maximum atomic E-state index is 13.9. The summed E-state index contributed by atoms with van der Waals surface area (Å²) in [5.74, 6) is -2.65. The number of amides is 2. The summed E-state index contributed by atoms with van der Waals surface area (Å²) in [6, 6.07) is -0.971. The van der Waals surface area contributed by atoms with E-state index in [2.05, 4.69) is 13.2 Å². The molecule has 3 aliphatic rings. The Labute approximate surface area is 190 Å². The van der Waals surface area contributed by atoms with Crippen molar-refractivity contribution in [3.8, 4) is 0 Å². The number of aliphatic hydroxyl groups is 1. The summed E-state index contributed by atoms with van der Waals surface area (Å²) in [6.07, 6.45) is 3.98. The first-order valence-electron chi connectivity index (χ1n) is 11.4. The number of esters is 1. The van der Waals surface area contributed by atoms with Crippen molar-refractivity contribution >= 4 is 17.8 Å². The quantitative estimate of drug-likeness (QED) is 0.402. The molecule has 8 nitrogen and oxygen atoms in total. The van der Waals surface area contributed by atoms with Gasteiger partial charge in [0.15, 0.2) is 0 Å². The van der Waals surface area contributed by atoms with Crippen LogP contribution in [0, 0.1) is 17.8 Å². The third-order valence-electron chi connectivity index (χ3n) is 7.44. The van der Waals surface area contributed by atoms with Crippen LogP contribution >= 0.6 is 0 Å². The molecule has 2 bridgehead atoms. The van der Waals surface area contributed by atoms with E-state index in [9.17, 15) is 19.5 Å². The number of carbonyl (C=O) groups is 3. The molecule has 0 aromatic heterocycles. The van der Waals surface area contributed by atoms with Crippen molar-refractivity contribution in [3.05, 3.63) is 25.3 Å². The fraction of sp³-hybridized carbons (Fsp3) is 0.708. The molecule has 178 valence electrons. The van der Waals surface area contributed by atoms with Gasteiger partial charge in [0, 0.05) is 25.7 Å². The Bertz CT molecular complexity index is 797. The summed E-state index contributed by atoms with van der Waals surface area (Å²) in [7, 11) is 0. The molecule has 2 amide bonds. The Morgan fingerprint density at radius 3 is 2.62 bits per heavy atom. The molecule has 3 fully saturated rings. The van der Waals surface area contributed by atoms with Crippen molar-refractivity contribution < 1.29 is 29.0 Å². The van der Waals surface area contributed by atoms with Crippen LogP contribution in [0.2, 0.25) is 0 Å². The molecule has 3 heterocycles. The molecule has 0 radical (unpaired) electrons. The van der Waals surface area contributed by atoms with Crippen LogP contribution in [-0.4, -0.2) is 82.3 Å².